The zero-order valence-corrected chi connectivity index (χ0v) is 17.0. The Morgan fingerprint density at radius 1 is 1.19 bits per heavy atom. The van der Waals surface area contributed by atoms with Crippen LogP contribution in [0.2, 0.25) is 0 Å². The number of aliphatic imine (C=N–C) groups is 1. The van der Waals surface area contributed by atoms with Gasteiger partial charge in [0.2, 0.25) is 0 Å². The lowest BCUT2D eigenvalue weighted by Gasteiger charge is -2.39. The Hall–Kier alpha value is -1.59. The van der Waals surface area contributed by atoms with E-state index in [1.165, 1.54) is 44.5 Å². The molecule has 0 amide bonds. The lowest BCUT2D eigenvalue weighted by atomic mass is 9.74. The van der Waals surface area contributed by atoms with Crippen molar-refractivity contribution in [3.8, 4) is 0 Å². The molecule has 0 bridgehead atoms. The van der Waals surface area contributed by atoms with E-state index in [-0.39, 0.29) is 5.41 Å². The maximum atomic E-state index is 5.65. The maximum absolute atomic E-state index is 5.65. The van der Waals surface area contributed by atoms with Crippen LogP contribution in [0, 0.1) is 0 Å². The molecule has 0 saturated carbocycles. The van der Waals surface area contributed by atoms with Gasteiger partial charge in [-0.3, -0.25) is 4.99 Å². The van der Waals surface area contributed by atoms with Crippen LogP contribution in [0.5, 0.6) is 0 Å². The summed E-state index contributed by atoms with van der Waals surface area (Å²) in [5.41, 5.74) is 1.53. The van der Waals surface area contributed by atoms with Gasteiger partial charge in [0.15, 0.2) is 5.96 Å². The number of benzene rings is 1. The van der Waals surface area contributed by atoms with Crippen molar-refractivity contribution in [2.45, 2.75) is 50.5 Å². The highest BCUT2D eigenvalue weighted by Crippen LogP contribution is 2.34. The molecule has 2 aliphatic heterocycles. The van der Waals surface area contributed by atoms with Crippen molar-refractivity contribution in [2.24, 2.45) is 4.99 Å². The molecule has 1 aromatic rings. The van der Waals surface area contributed by atoms with Crippen molar-refractivity contribution in [3.63, 3.8) is 0 Å². The van der Waals surface area contributed by atoms with Crippen LogP contribution >= 0.6 is 0 Å². The quantitative estimate of drug-likeness (QED) is 0.595. The van der Waals surface area contributed by atoms with Gasteiger partial charge < -0.3 is 20.3 Å². The lowest BCUT2D eigenvalue weighted by Crippen LogP contribution is -2.52. The third kappa shape index (κ3) is 5.45. The van der Waals surface area contributed by atoms with Gasteiger partial charge in [0.25, 0.3) is 0 Å². The molecule has 2 heterocycles. The van der Waals surface area contributed by atoms with Gasteiger partial charge in [-0.1, -0.05) is 37.3 Å². The van der Waals surface area contributed by atoms with E-state index >= 15 is 0 Å². The highest BCUT2D eigenvalue weighted by atomic mass is 16.5. The topological polar surface area (TPSA) is 48.9 Å². The fourth-order valence-electron chi connectivity index (χ4n) is 4.38. The highest BCUT2D eigenvalue weighted by Gasteiger charge is 2.34. The van der Waals surface area contributed by atoms with Gasteiger partial charge >= 0.3 is 0 Å². The van der Waals surface area contributed by atoms with Crippen molar-refractivity contribution in [3.05, 3.63) is 35.9 Å². The molecule has 0 atom stereocenters. The number of hydrogen-bond donors (Lipinski definition) is 2. The summed E-state index contributed by atoms with van der Waals surface area (Å²) in [6, 6.07) is 11.4. The van der Waals surface area contributed by atoms with Crippen LogP contribution in [0.1, 0.15) is 44.6 Å². The second-order valence-corrected chi connectivity index (χ2v) is 7.94. The van der Waals surface area contributed by atoms with Crippen LogP contribution in [0.25, 0.3) is 0 Å². The first kappa shape index (κ1) is 20.2. The molecule has 0 radical (unpaired) electrons. The number of rotatable bonds is 6. The first-order valence-electron chi connectivity index (χ1n) is 10.6. The minimum Gasteiger partial charge on any atom is -0.381 e. The first-order valence-corrected chi connectivity index (χ1v) is 10.6. The van der Waals surface area contributed by atoms with Gasteiger partial charge in [0.05, 0.1) is 0 Å². The number of likely N-dealkylation sites (tertiary alicyclic amines) is 1. The molecule has 3 rings (SSSR count). The molecule has 0 aromatic heterocycles. The van der Waals surface area contributed by atoms with Crippen molar-refractivity contribution in [2.75, 3.05) is 46.4 Å². The molecule has 0 unspecified atom stereocenters. The van der Waals surface area contributed by atoms with Crippen molar-refractivity contribution >= 4 is 5.96 Å². The van der Waals surface area contributed by atoms with Crippen LogP contribution < -0.4 is 10.6 Å². The second-order valence-electron chi connectivity index (χ2n) is 7.94. The van der Waals surface area contributed by atoms with Crippen molar-refractivity contribution in [1.82, 2.24) is 15.5 Å². The normalized spacial score (nSPS) is 21.8. The molecule has 2 saturated heterocycles. The standard InChI is InChI=1S/C22H36N4O/c1-3-13-26-14-9-20(10-15-26)25-21(23-2)24-18-22(11-16-27-17-12-22)19-7-5-4-6-8-19/h4-8,20H,3,9-18H2,1-2H3,(H2,23,24,25). The van der Waals surface area contributed by atoms with Gasteiger partial charge in [-0.15, -0.1) is 0 Å². The van der Waals surface area contributed by atoms with Gasteiger partial charge in [0.1, 0.15) is 0 Å². The van der Waals surface area contributed by atoms with E-state index in [4.69, 9.17) is 4.74 Å². The molecule has 2 aliphatic rings. The first-order chi connectivity index (χ1) is 13.3. The number of guanidine groups is 1. The average Bonchev–Trinajstić information content (AvgIpc) is 2.74. The predicted octanol–water partition coefficient (Wildman–Crippen LogP) is 2.77. The SMILES string of the molecule is CCCN1CCC(NC(=NC)NCC2(c3ccccc3)CCOCC2)CC1. The van der Waals surface area contributed by atoms with Crippen LogP contribution in [-0.2, 0) is 10.2 Å². The molecule has 27 heavy (non-hydrogen) atoms. The summed E-state index contributed by atoms with van der Waals surface area (Å²) in [5.74, 6) is 0.936. The maximum Gasteiger partial charge on any atom is 0.191 e. The number of nitrogens with one attached hydrogen (secondary N) is 2. The Labute approximate surface area is 164 Å². The fraction of sp³-hybridized carbons (Fsp3) is 0.682. The number of ether oxygens (including phenoxy) is 1. The molecule has 150 valence electrons. The highest BCUT2D eigenvalue weighted by molar-refractivity contribution is 5.80. The summed E-state index contributed by atoms with van der Waals surface area (Å²) in [4.78, 5) is 7.07. The fourth-order valence-corrected chi connectivity index (χ4v) is 4.38. The summed E-state index contributed by atoms with van der Waals surface area (Å²) < 4.78 is 5.65. The van der Waals surface area contributed by atoms with E-state index in [0.29, 0.717) is 6.04 Å². The number of nitrogens with zero attached hydrogens (tertiary/aromatic N) is 2. The van der Waals surface area contributed by atoms with E-state index in [9.17, 15) is 0 Å². The molecule has 0 aliphatic carbocycles. The summed E-state index contributed by atoms with van der Waals surface area (Å²) in [6.45, 7) is 8.42. The Bertz CT molecular complexity index is 575. The second kappa shape index (κ2) is 10.1. The van der Waals surface area contributed by atoms with Gasteiger partial charge in [-0.05, 0) is 44.2 Å². The van der Waals surface area contributed by atoms with E-state index in [1.54, 1.807) is 0 Å². The smallest absolute Gasteiger partial charge is 0.191 e. The number of hydrogen-bond acceptors (Lipinski definition) is 3. The molecule has 5 heteroatoms. The largest absolute Gasteiger partial charge is 0.381 e. The summed E-state index contributed by atoms with van der Waals surface area (Å²) >= 11 is 0. The Balaban J connectivity index is 1.56. The van der Waals surface area contributed by atoms with Crippen molar-refractivity contribution in [1.29, 1.82) is 0 Å². The third-order valence-corrected chi connectivity index (χ3v) is 6.12. The molecule has 2 N–H and O–H groups in total. The molecular formula is C22H36N4O. The van der Waals surface area contributed by atoms with Gasteiger partial charge in [-0.2, -0.15) is 0 Å². The van der Waals surface area contributed by atoms with Crippen LogP contribution in [0.15, 0.2) is 35.3 Å². The van der Waals surface area contributed by atoms with E-state index in [0.717, 1.165) is 38.6 Å². The molecule has 1 aromatic carbocycles. The molecule has 2 fully saturated rings. The summed E-state index contributed by atoms with van der Waals surface area (Å²) in [5, 5.41) is 7.29. The Morgan fingerprint density at radius 3 is 2.52 bits per heavy atom. The lowest BCUT2D eigenvalue weighted by molar-refractivity contribution is 0.0513. The molecular weight excluding hydrogens is 336 g/mol. The zero-order chi connectivity index (χ0) is 19.0. The minimum atomic E-state index is 0.127. The van der Waals surface area contributed by atoms with Gasteiger partial charge in [-0.25, -0.2) is 0 Å². The van der Waals surface area contributed by atoms with E-state index in [2.05, 4.69) is 57.8 Å². The summed E-state index contributed by atoms with van der Waals surface area (Å²) in [7, 11) is 1.88. The Kier molecular flexibility index (Phi) is 7.53. The third-order valence-electron chi connectivity index (χ3n) is 6.12. The van der Waals surface area contributed by atoms with Crippen LogP contribution in [-0.4, -0.2) is 63.3 Å². The van der Waals surface area contributed by atoms with Crippen LogP contribution in [0.3, 0.4) is 0 Å². The summed E-state index contributed by atoms with van der Waals surface area (Å²) in [6.07, 6.45) is 5.73. The monoisotopic (exact) mass is 372 g/mol. The van der Waals surface area contributed by atoms with Gasteiger partial charge in [0, 0.05) is 51.4 Å². The average molecular weight is 373 g/mol. The minimum absolute atomic E-state index is 0.127. The van der Waals surface area contributed by atoms with E-state index in [1.807, 2.05) is 7.05 Å². The predicted molar refractivity (Wildman–Crippen MR) is 112 cm³/mol. The van der Waals surface area contributed by atoms with Crippen molar-refractivity contribution < 1.29 is 4.74 Å². The molecule has 5 nitrogen and oxygen atoms in total. The Morgan fingerprint density at radius 2 is 1.89 bits per heavy atom. The molecule has 0 spiro atoms. The zero-order valence-electron chi connectivity index (χ0n) is 17.0. The van der Waals surface area contributed by atoms with Crippen LogP contribution in [0.4, 0.5) is 0 Å². The number of piperidine rings is 1. The van der Waals surface area contributed by atoms with E-state index < -0.39 is 0 Å².